The summed E-state index contributed by atoms with van der Waals surface area (Å²) in [4.78, 5) is 4.60. The lowest BCUT2D eigenvalue weighted by Gasteiger charge is -2.29. The SMILES string of the molecule is Brc1ccc(N(c2ccc(Br)cc2)c2ccc(N(c3ccccc3)c3cccc4ccccc34)cc2)cc1. The van der Waals surface area contributed by atoms with Gasteiger partial charge in [-0.1, -0.05) is 86.5 Å². The van der Waals surface area contributed by atoms with Crippen molar-refractivity contribution in [1.82, 2.24) is 0 Å². The zero-order valence-electron chi connectivity index (χ0n) is 20.5. The van der Waals surface area contributed by atoms with Crippen LogP contribution in [0.1, 0.15) is 0 Å². The molecule has 0 unspecified atom stereocenters. The van der Waals surface area contributed by atoms with Gasteiger partial charge in [-0.15, -0.1) is 0 Å². The van der Waals surface area contributed by atoms with E-state index in [2.05, 4.69) is 187 Å². The van der Waals surface area contributed by atoms with E-state index in [0.29, 0.717) is 0 Å². The average Bonchev–Trinajstić information content (AvgIpc) is 2.97. The van der Waals surface area contributed by atoms with Crippen LogP contribution in [0.15, 0.2) is 155 Å². The van der Waals surface area contributed by atoms with Gasteiger partial charge in [0, 0.05) is 42.8 Å². The molecule has 0 aliphatic heterocycles. The van der Waals surface area contributed by atoms with Gasteiger partial charge in [-0.3, -0.25) is 0 Å². The number of anilines is 6. The second kappa shape index (κ2) is 10.9. The smallest absolute Gasteiger partial charge is 0.0540 e. The summed E-state index contributed by atoms with van der Waals surface area (Å²) in [5, 5.41) is 2.44. The van der Waals surface area contributed by atoms with Gasteiger partial charge in [-0.05, 0) is 96.4 Å². The molecule has 0 amide bonds. The van der Waals surface area contributed by atoms with E-state index in [4.69, 9.17) is 0 Å². The maximum absolute atomic E-state index is 3.57. The lowest BCUT2D eigenvalue weighted by molar-refractivity contribution is 1.26. The van der Waals surface area contributed by atoms with Crippen LogP contribution in [-0.4, -0.2) is 0 Å². The summed E-state index contributed by atoms with van der Waals surface area (Å²) < 4.78 is 2.11. The van der Waals surface area contributed by atoms with Crippen LogP contribution in [-0.2, 0) is 0 Å². The molecule has 0 bridgehead atoms. The Morgan fingerprint density at radius 1 is 0.342 bits per heavy atom. The van der Waals surface area contributed by atoms with Crippen LogP contribution in [0.3, 0.4) is 0 Å². The van der Waals surface area contributed by atoms with Crippen molar-refractivity contribution in [3.8, 4) is 0 Å². The molecule has 0 aliphatic rings. The minimum Gasteiger partial charge on any atom is -0.311 e. The molecule has 0 aliphatic carbocycles. The highest BCUT2D eigenvalue weighted by molar-refractivity contribution is 9.10. The van der Waals surface area contributed by atoms with Gasteiger partial charge in [0.2, 0.25) is 0 Å². The van der Waals surface area contributed by atoms with Gasteiger partial charge in [0.25, 0.3) is 0 Å². The molecule has 2 nitrogen and oxygen atoms in total. The molecule has 0 spiro atoms. The molecule has 6 rings (SSSR count). The second-order valence-corrected chi connectivity index (χ2v) is 10.8. The number of hydrogen-bond donors (Lipinski definition) is 0. The van der Waals surface area contributed by atoms with Crippen LogP contribution in [0, 0.1) is 0 Å². The van der Waals surface area contributed by atoms with Crippen LogP contribution < -0.4 is 9.80 Å². The average molecular weight is 620 g/mol. The number of fused-ring (bicyclic) bond motifs is 1. The van der Waals surface area contributed by atoms with Crippen molar-refractivity contribution in [2.45, 2.75) is 0 Å². The van der Waals surface area contributed by atoms with Crippen LogP contribution in [0.25, 0.3) is 10.8 Å². The Morgan fingerprint density at radius 2 is 0.763 bits per heavy atom. The summed E-state index contributed by atoms with van der Waals surface area (Å²) in [6, 6.07) is 51.2. The summed E-state index contributed by atoms with van der Waals surface area (Å²) in [5.41, 5.74) is 6.65. The normalized spacial score (nSPS) is 10.9. The lowest BCUT2D eigenvalue weighted by atomic mass is 10.1. The zero-order chi connectivity index (χ0) is 25.9. The molecule has 38 heavy (non-hydrogen) atoms. The molecule has 0 N–H and O–H groups in total. The Kier molecular flexibility index (Phi) is 7.00. The summed E-state index contributed by atoms with van der Waals surface area (Å²) in [6.45, 7) is 0. The molecular weight excluding hydrogens is 596 g/mol. The summed E-state index contributed by atoms with van der Waals surface area (Å²) in [5.74, 6) is 0. The van der Waals surface area contributed by atoms with E-state index < -0.39 is 0 Å². The van der Waals surface area contributed by atoms with Gasteiger partial charge >= 0.3 is 0 Å². The third-order valence-corrected chi connectivity index (χ3v) is 7.62. The molecule has 0 atom stereocenters. The van der Waals surface area contributed by atoms with Crippen molar-refractivity contribution in [2.24, 2.45) is 0 Å². The predicted molar refractivity (Wildman–Crippen MR) is 169 cm³/mol. The maximum Gasteiger partial charge on any atom is 0.0540 e. The van der Waals surface area contributed by atoms with Crippen molar-refractivity contribution in [3.63, 3.8) is 0 Å². The maximum atomic E-state index is 3.57. The Hall–Kier alpha value is -3.86. The molecule has 0 saturated carbocycles. The zero-order valence-corrected chi connectivity index (χ0v) is 23.7. The largest absolute Gasteiger partial charge is 0.311 e. The molecular formula is C34H24Br2N2. The van der Waals surface area contributed by atoms with Gasteiger partial charge in [-0.2, -0.15) is 0 Å². The first-order chi connectivity index (χ1) is 18.7. The molecule has 0 radical (unpaired) electrons. The van der Waals surface area contributed by atoms with Crippen molar-refractivity contribution in [1.29, 1.82) is 0 Å². The molecule has 0 heterocycles. The Morgan fingerprint density at radius 3 is 1.34 bits per heavy atom. The first-order valence-corrected chi connectivity index (χ1v) is 14.0. The number of nitrogens with zero attached hydrogens (tertiary/aromatic N) is 2. The van der Waals surface area contributed by atoms with E-state index >= 15 is 0 Å². The van der Waals surface area contributed by atoms with E-state index in [9.17, 15) is 0 Å². The van der Waals surface area contributed by atoms with Crippen LogP contribution in [0.2, 0.25) is 0 Å². The highest BCUT2D eigenvalue weighted by Crippen LogP contribution is 2.41. The fraction of sp³-hybridized carbons (Fsp3) is 0. The second-order valence-electron chi connectivity index (χ2n) is 8.97. The molecule has 4 heteroatoms. The van der Waals surface area contributed by atoms with Crippen molar-refractivity contribution in [3.05, 3.63) is 155 Å². The summed E-state index contributed by atoms with van der Waals surface area (Å²) >= 11 is 7.15. The summed E-state index contributed by atoms with van der Waals surface area (Å²) in [7, 11) is 0. The highest BCUT2D eigenvalue weighted by Gasteiger charge is 2.17. The minimum absolute atomic E-state index is 1.06. The number of benzene rings is 6. The molecule has 6 aromatic rings. The van der Waals surface area contributed by atoms with Crippen molar-refractivity contribution < 1.29 is 0 Å². The standard InChI is InChI=1S/C34H24Br2N2/c35-26-13-17-29(18-14-26)37(30-19-15-27(36)16-20-30)31-21-23-32(24-22-31)38(28-9-2-1-3-10-28)34-12-6-8-25-7-4-5-11-33(25)34/h1-24H. The fourth-order valence-corrected chi connectivity index (χ4v) is 5.31. The number of hydrogen-bond acceptors (Lipinski definition) is 2. The topological polar surface area (TPSA) is 6.48 Å². The highest BCUT2D eigenvalue weighted by atomic mass is 79.9. The molecule has 0 aromatic heterocycles. The quantitative estimate of drug-likeness (QED) is 0.183. The lowest BCUT2D eigenvalue weighted by Crippen LogP contribution is -2.12. The number of rotatable bonds is 6. The molecule has 184 valence electrons. The van der Waals surface area contributed by atoms with E-state index in [1.807, 2.05) is 0 Å². The van der Waals surface area contributed by atoms with E-state index in [0.717, 1.165) is 43.1 Å². The van der Waals surface area contributed by atoms with E-state index in [1.54, 1.807) is 0 Å². The van der Waals surface area contributed by atoms with Crippen molar-refractivity contribution in [2.75, 3.05) is 9.80 Å². The minimum atomic E-state index is 1.06. The van der Waals surface area contributed by atoms with Crippen molar-refractivity contribution >= 4 is 76.8 Å². The summed E-state index contributed by atoms with van der Waals surface area (Å²) in [6.07, 6.45) is 0. The van der Waals surface area contributed by atoms with Gasteiger partial charge in [0.15, 0.2) is 0 Å². The Bertz CT molecular complexity index is 1610. The van der Waals surface area contributed by atoms with Gasteiger partial charge in [0.1, 0.15) is 0 Å². The Labute approximate surface area is 240 Å². The van der Waals surface area contributed by atoms with Gasteiger partial charge in [-0.25, -0.2) is 0 Å². The number of halogens is 2. The van der Waals surface area contributed by atoms with E-state index in [-0.39, 0.29) is 0 Å². The number of para-hydroxylation sites is 1. The van der Waals surface area contributed by atoms with Gasteiger partial charge in [0.05, 0.1) is 5.69 Å². The fourth-order valence-electron chi connectivity index (χ4n) is 4.79. The first kappa shape index (κ1) is 24.5. The molecule has 6 aromatic carbocycles. The predicted octanol–water partition coefficient (Wildman–Crippen LogP) is 11.3. The molecule has 0 saturated heterocycles. The van der Waals surface area contributed by atoms with Crippen LogP contribution in [0.4, 0.5) is 34.1 Å². The third kappa shape index (κ3) is 4.98. The van der Waals surface area contributed by atoms with Crippen LogP contribution in [0.5, 0.6) is 0 Å². The van der Waals surface area contributed by atoms with Gasteiger partial charge < -0.3 is 9.80 Å². The van der Waals surface area contributed by atoms with E-state index in [1.165, 1.54) is 10.8 Å². The van der Waals surface area contributed by atoms with Crippen LogP contribution >= 0.6 is 31.9 Å². The Balaban J connectivity index is 1.47. The molecule has 0 fully saturated rings. The third-order valence-electron chi connectivity index (χ3n) is 6.56. The monoisotopic (exact) mass is 618 g/mol. The first-order valence-electron chi connectivity index (χ1n) is 12.4.